The van der Waals surface area contributed by atoms with Crippen LogP contribution in [0.5, 0.6) is 0 Å². The van der Waals surface area contributed by atoms with Crippen molar-refractivity contribution in [3.05, 3.63) is 95.7 Å². The highest BCUT2D eigenvalue weighted by atomic mass is 19.1. The SMILES string of the molecule is CCC(C(=O)N(CC(=O)N(Cc1ccc(F)cc1)Cc1ccco1)C(C)C)c1ccccc1. The van der Waals surface area contributed by atoms with Crippen molar-refractivity contribution in [2.24, 2.45) is 0 Å². The predicted molar refractivity (Wildman–Crippen MR) is 126 cm³/mol. The van der Waals surface area contributed by atoms with Gasteiger partial charge in [-0.3, -0.25) is 9.59 Å². The number of rotatable bonds is 10. The number of hydrogen-bond acceptors (Lipinski definition) is 3. The second-order valence-corrected chi connectivity index (χ2v) is 8.39. The lowest BCUT2D eigenvalue weighted by Crippen LogP contribution is -2.47. The zero-order valence-corrected chi connectivity index (χ0v) is 19.4. The van der Waals surface area contributed by atoms with Crippen LogP contribution in [-0.2, 0) is 22.7 Å². The lowest BCUT2D eigenvalue weighted by atomic mass is 9.94. The van der Waals surface area contributed by atoms with Crippen molar-refractivity contribution < 1.29 is 18.4 Å². The third kappa shape index (κ3) is 6.54. The standard InChI is InChI=1S/C27H31FN2O3/c1-4-25(22-9-6-5-7-10-22)27(32)30(20(2)3)19-26(31)29(18-24-11-8-16-33-24)17-21-12-14-23(28)15-13-21/h5-16,20,25H,4,17-19H2,1-3H3. The minimum Gasteiger partial charge on any atom is -0.467 e. The molecule has 0 N–H and O–H groups in total. The highest BCUT2D eigenvalue weighted by Crippen LogP contribution is 2.23. The third-order valence-electron chi connectivity index (χ3n) is 5.69. The molecule has 0 bridgehead atoms. The second-order valence-electron chi connectivity index (χ2n) is 8.39. The van der Waals surface area contributed by atoms with Crippen molar-refractivity contribution >= 4 is 11.8 Å². The van der Waals surface area contributed by atoms with Gasteiger partial charge in [0.15, 0.2) is 0 Å². The fourth-order valence-corrected chi connectivity index (χ4v) is 3.83. The summed E-state index contributed by atoms with van der Waals surface area (Å²) in [5.74, 6) is -0.251. The molecule has 0 spiro atoms. The maximum atomic E-state index is 13.5. The molecule has 5 nitrogen and oxygen atoms in total. The van der Waals surface area contributed by atoms with Gasteiger partial charge >= 0.3 is 0 Å². The number of carbonyl (C=O) groups is 2. The largest absolute Gasteiger partial charge is 0.467 e. The van der Waals surface area contributed by atoms with E-state index in [1.54, 1.807) is 40.3 Å². The summed E-state index contributed by atoms with van der Waals surface area (Å²) < 4.78 is 18.8. The molecule has 1 atom stereocenters. The Balaban J connectivity index is 1.80. The van der Waals surface area contributed by atoms with Crippen molar-refractivity contribution in [2.45, 2.75) is 52.2 Å². The summed E-state index contributed by atoms with van der Waals surface area (Å²) in [6, 6.07) is 19.2. The maximum Gasteiger partial charge on any atom is 0.242 e. The van der Waals surface area contributed by atoms with E-state index in [-0.39, 0.29) is 49.2 Å². The van der Waals surface area contributed by atoms with Gasteiger partial charge in [-0.1, -0.05) is 49.4 Å². The quantitative estimate of drug-likeness (QED) is 0.417. The first-order valence-corrected chi connectivity index (χ1v) is 11.3. The highest BCUT2D eigenvalue weighted by molar-refractivity contribution is 5.88. The van der Waals surface area contributed by atoms with Crippen LogP contribution in [0.2, 0.25) is 0 Å². The monoisotopic (exact) mass is 450 g/mol. The molecule has 3 aromatic rings. The molecule has 3 rings (SSSR count). The molecule has 174 valence electrons. The van der Waals surface area contributed by atoms with E-state index in [4.69, 9.17) is 4.42 Å². The molecule has 0 aliphatic carbocycles. The van der Waals surface area contributed by atoms with Crippen LogP contribution in [0.1, 0.15) is 50.0 Å². The topological polar surface area (TPSA) is 53.8 Å². The minimum absolute atomic E-state index is 0.0399. The number of carbonyl (C=O) groups excluding carboxylic acids is 2. The first-order chi connectivity index (χ1) is 15.9. The van der Waals surface area contributed by atoms with Crippen LogP contribution in [0.15, 0.2) is 77.4 Å². The molecule has 0 aliphatic rings. The Morgan fingerprint density at radius 1 is 0.939 bits per heavy atom. The number of amides is 2. The maximum absolute atomic E-state index is 13.5. The summed E-state index contributed by atoms with van der Waals surface area (Å²) >= 11 is 0. The van der Waals surface area contributed by atoms with Gasteiger partial charge in [0.1, 0.15) is 18.1 Å². The zero-order chi connectivity index (χ0) is 23.8. The molecule has 1 aromatic heterocycles. The summed E-state index contributed by atoms with van der Waals surface area (Å²) in [6.07, 6.45) is 2.21. The Hall–Kier alpha value is -3.41. The summed E-state index contributed by atoms with van der Waals surface area (Å²) in [5, 5.41) is 0. The zero-order valence-electron chi connectivity index (χ0n) is 19.4. The van der Waals surface area contributed by atoms with Crippen molar-refractivity contribution in [1.29, 1.82) is 0 Å². The van der Waals surface area contributed by atoms with Gasteiger partial charge < -0.3 is 14.2 Å². The third-order valence-corrected chi connectivity index (χ3v) is 5.69. The Morgan fingerprint density at radius 2 is 1.64 bits per heavy atom. The highest BCUT2D eigenvalue weighted by Gasteiger charge is 2.29. The van der Waals surface area contributed by atoms with Crippen LogP contribution in [0.4, 0.5) is 4.39 Å². The molecule has 2 amide bonds. The van der Waals surface area contributed by atoms with Crippen LogP contribution in [-0.4, -0.2) is 34.2 Å². The normalized spacial score (nSPS) is 11.9. The molecule has 0 aliphatic heterocycles. The number of furan rings is 1. The Labute approximate surface area is 194 Å². The first-order valence-electron chi connectivity index (χ1n) is 11.3. The van der Waals surface area contributed by atoms with E-state index in [1.807, 2.05) is 51.1 Å². The van der Waals surface area contributed by atoms with E-state index in [2.05, 4.69) is 0 Å². The summed E-state index contributed by atoms with van der Waals surface area (Å²) in [4.78, 5) is 30.2. The van der Waals surface area contributed by atoms with E-state index in [9.17, 15) is 14.0 Å². The number of nitrogens with zero attached hydrogens (tertiary/aromatic N) is 2. The van der Waals surface area contributed by atoms with Crippen molar-refractivity contribution in [1.82, 2.24) is 9.80 Å². The Kier molecular flexibility index (Phi) is 8.41. The first kappa shape index (κ1) is 24.2. The Morgan fingerprint density at radius 3 is 2.21 bits per heavy atom. The molecule has 2 aromatic carbocycles. The van der Waals surface area contributed by atoms with Gasteiger partial charge in [0.25, 0.3) is 0 Å². The molecular formula is C27H31FN2O3. The molecule has 0 saturated heterocycles. The molecule has 1 unspecified atom stereocenters. The molecule has 0 fully saturated rings. The molecule has 0 radical (unpaired) electrons. The average Bonchev–Trinajstić information content (AvgIpc) is 3.32. The van der Waals surface area contributed by atoms with Crippen LogP contribution in [0.25, 0.3) is 0 Å². The lowest BCUT2D eigenvalue weighted by Gasteiger charge is -2.32. The van der Waals surface area contributed by atoms with E-state index in [0.29, 0.717) is 12.2 Å². The van der Waals surface area contributed by atoms with E-state index in [0.717, 1.165) is 11.1 Å². The van der Waals surface area contributed by atoms with E-state index in [1.165, 1.54) is 12.1 Å². The van der Waals surface area contributed by atoms with Crippen LogP contribution >= 0.6 is 0 Å². The second kappa shape index (κ2) is 11.5. The predicted octanol–water partition coefficient (Wildman–Crippen LogP) is 5.38. The van der Waals surface area contributed by atoms with Gasteiger partial charge in [-0.25, -0.2) is 4.39 Å². The summed E-state index contributed by atoms with van der Waals surface area (Å²) in [7, 11) is 0. The van der Waals surface area contributed by atoms with E-state index >= 15 is 0 Å². The molecule has 0 saturated carbocycles. The molecule has 33 heavy (non-hydrogen) atoms. The fourth-order valence-electron chi connectivity index (χ4n) is 3.83. The summed E-state index contributed by atoms with van der Waals surface area (Å²) in [6.45, 7) is 6.32. The van der Waals surface area contributed by atoms with Crippen LogP contribution < -0.4 is 0 Å². The van der Waals surface area contributed by atoms with Gasteiger partial charge in [0, 0.05) is 12.6 Å². The van der Waals surface area contributed by atoms with Gasteiger partial charge in [-0.05, 0) is 55.7 Å². The summed E-state index contributed by atoms with van der Waals surface area (Å²) in [5.41, 5.74) is 1.75. The molecule has 1 heterocycles. The number of halogens is 1. The average molecular weight is 451 g/mol. The van der Waals surface area contributed by atoms with Crippen molar-refractivity contribution in [2.75, 3.05) is 6.54 Å². The smallest absolute Gasteiger partial charge is 0.242 e. The van der Waals surface area contributed by atoms with Gasteiger partial charge in [-0.15, -0.1) is 0 Å². The minimum atomic E-state index is -0.328. The van der Waals surface area contributed by atoms with Gasteiger partial charge in [0.2, 0.25) is 11.8 Å². The number of hydrogen-bond donors (Lipinski definition) is 0. The molecular weight excluding hydrogens is 419 g/mol. The van der Waals surface area contributed by atoms with Crippen molar-refractivity contribution in [3.63, 3.8) is 0 Å². The fraction of sp³-hybridized carbons (Fsp3) is 0.333. The number of benzene rings is 2. The van der Waals surface area contributed by atoms with E-state index < -0.39 is 0 Å². The molecule has 6 heteroatoms. The van der Waals surface area contributed by atoms with Crippen molar-refractivity contribution in [3.8, 4) is 0 Å². The van der Waals surface area contributed by atoms with Crippen LogP contribution in [0, 0.1) is 5.82 Å². The van der Waals surface area contributed by atoms with Crippen LogP contribution in [0.3, 0.4) is 0 Å². The van der Waals surface area contributed by atoms with Gasteiger partial charge in [0.05, 0.1) is 18.7 Å². The Bertz CT molecular complexity index is 1020. The van der Waals surface area contributed by atoms with Gasteiger partial charge in [-0.2, -0.15) is 0 Å². The lowest BCUT2D eigenvalue weighted by molar-refractivity contribution is -0.143.